The Hall–Kier alpha value is -3.39. The monoisotopic (exact) mass is 416 g/mol. The highest BCUT2D eigenvalue weighted by Crippen LogP contribution is 2.82. The average Bonchev–Trinajstić information content (AvgIpc) is 3.38. The summed E-state index contributed by atoms with van der Waals surface area (Å²) in [7, 11) is 0. The summed E-state index contributed by atoms with van der Waals surface area (Å²) in [4.78, 5) is 4.36. The molecule has 0 amide bonds. The summed E-state index contributed by atoms with van der Waals surface area (Å²) in [5, 5.41) is 20.5. The van der Waals surface area contributed by atoms with E-state index >= 15 is 0 Å². The molecular formula is C24H24N4O3. The van der Waals surface area contributed by atoms with Crippen molar-refractivity contribution in [2.45, 2.75) is 32.3 Å². The van der Waals surface area contributed by atoms with E-state index in [4.69, 9.17) is 19.9 Å². The normalized spacial score (nSPS) is 27.5. The molecule has 7 nitrogen and oxygen atoms in total. The molecule has 3 unspecified atom stereocenters. The van der Waals surface area contributed by atoms with Gasteiger partial charge >= 0.3 is 0 Å². The first-order chi connectivity index (χ1) is 15.0. The maximum Gasteiger partial charge on any atom is 0.293 e. The number of benzene rings is 2. The van der Waals surface area contributed by atoms with E-state index in [-0.39, 0.29) is 19.0 Å². The van der Waals surface area contributed by atoms with Crippen LogP contribution in [0.2, 0.25) is 0 Å². The Balaban J connectivity index is 1.71. The van der Waals surface area contributed by atoms with Crippen LogP contribution in [0.4, 0.5) is 0 Å². The Morgan fingerprint density at radius 3 is 2.32 bits per heavy atom. The highest BCUT2D eigenvalue weighted by molar-refractivity contribution is 6.00. The van der Waals surface area contributed by atoms with Crippen molar-refractivity contribution < 1.29 is 14.2 Å². The number of fused-ring (bicyclic) bond motifs is 1. The number of rotatable bonds is 8. The van der Waals surface area contributed by atoms with Crippen molar-refractivity contribution >= 4 is 5.84 Å². The second-order valence-electron chi connectivity index (χ2n) is 7.56. The molecule has 158 valence electrons. The first kappa shape index (κ1) is 20.9. The van der Waals surface area contributed by atoms with Crippen LogP contribution in [0.15, 0.2) is 59.6 Å². The molecular weight excluding hydrogens is 392 g/mol. The van der Waals surface area contributed by atoms with Gasteiger partial charge in [-0.1, -0.05) is 42.5 Å². The summed E-state index contributed by atoms with van der Waals surface area (Å²) in [5.41, 5.74) is 5.36. The van der Waals surface area contributed by atoms with Crippen molar-refractivity contribution in [3.05, 3.63) is 65.7 Å². The molecule has 1 aliphatic carbocycles. The van der Waals surface area contributed by atoms with Crippen molar-refractivity contribution in [3.63, 3.8) is 0 Å². The van der Waals surface area contributed by atoms with E-state index in [9.17, 15) is 10.5 Å². The molecule has 0 radical (unpaired) electrons. The van der Waals surface area contributed by atoms with E-state index < -0.39 is 22.7 Å². The fourth-order valence-corrected chi connectivity index (χ4v) is 4.77. The van der Waals surface area contributed by atoms with Gasteiger partial charge in [-0.25, -0.2) is 4.99 Å². The molecule has 2 aromatic carbocycles. The lowest BCUT2D eigenvalue weighted by Gasteiger charge is -2.31. The highest BCUT2D eigenvalue weighted by atomic mass is 16.7. The van der Waals surface area contributed by atoms with Gasteiger partial charge < -0.3 is 19.9 Å². The molecule has 1 saturated carbocycles. The standard InChI is InChI=1S/C24H24N4O3/c1-3-30-24(31-4-2)23(16-26)20(22(23,15-25)21(27)28-24)18-11-8-12-19(13-18)29-14-17-9-6-5-7-10-17/h5-13,20H,3-4,14H2,1-2H3,(H2,27,28). The molecule has 31 heavy (non-hydrogen) atoms. The number of aliphatic imine (C=N–C) groups is 1. The van der Waals surface area contributed by atoms with Gasteiger partial charge in [-0.05, 0) is 37.1 Å². The smallest absolute Gasteiger partial charge is 0.293 e. The van der Waals surface area contributed by atoms with Crippen molar-refractivity contribution in [2.24, 2.45) is 21.6 Å². The van der Waals surface area contributed by atoms with Gasteiger partial charge in [0.05, 0.1) is 12.1 Å². The van der Waals surface area contributed by atoms with Gasteiger partial charge in [-0.15, -0.1) is 0 Å². The maximum absolute atomic E-state index is 10.3. The minimum atomic E-state index is -1.61. The third-order valence-electron chi connectivity index (χ3n) is 6.05. The first-order valence-corrected chi connectivity index (χ1v) is 10.3. The van der Waals surface area contributed by atoms with Crippen molar-refractivity contribution in [1.82, 2.24) is 0 Å². The molecule has 7 heteroatoms. The van der Waals surface area contributed by atoms with Gasteiger partial charge in [-0.2, -0.15) is 10.5 Å². The Bertz CT molecular complexity index is 1080. The molecule has 1 fully saturated rings. The third kappa shape index (κ3) is 2.75. The van der Waals surface area contributed by atoms with E-state index in [1.165, 1.54) is 0 Å². The van der Waals surface area contributed by atoms with E-state index in [1.807, 2.05) is 54.6 Å². The van der Waals surface area contributed by atoms with Crippen LogP contribution < -0.4 is 10.5 Å². The SMILES string of the molecule is CCOC1(OCC)N=C(N)C2(C#N)C(c3cccc(OCc4ccccc4)c3)C12C#N. The minimum absolute atomic E-state index is 0.0686. The van der Waals surface area contributed by atoms with Crippen LogP contribution in [0, 0.1) is 33.5 Å². The zero-order chi connectivity index (χ0) is 22.1. The molecule has 0 saturated heterocycles. The van der Waals surface area contributed by atoms with Crippen molar-refractivity contribution in [2.75, 3.05) is 13.2 Å². The number of hydrogen-bond donors (Lipinski definition) is 1. The fraction of sp³-hybridized carbons (Fsp3) is 0.375. The Morgan fingerprint density at radius 2 is 1.71 bits per heavy atom. The minimum Gasteiger partial charge on any atom is -0.489 e. The molecule has 0 aromatic heterocycles. The topological polar surface area (TPSA) is 114 Å². The summed E-state index contributed by atoms with van der Waals surface area (Å²) >= 11 is 0. The predicted molar refractivity (Wildman–Crippen MR) is 114 cm³/mol. The first-order valence-electron chi connectivity index (χ1n) is 10.3. The summed E-state index contributed by atoms with van der Waals surface area (Å²) in [6.07, 6.45) is 0. The van der Waals surface area contributed by atoms with Crippen LogP contribution >= 0.6 is 0 Å². The predicted octanol–water partition coefficient (Wildman–Crippen LogP) is 3.48. The second kappa shape index (κ2) is 7.70. The van der Waals surface area contributed by atoms with Crippen LogP contribution in [-0.2, 0) is 16.1 Å². The number of amidine groups is 1. The number of nitrogens with two attached hydrogens (primary N) is 1. The van der Waals surface area contributed by atoms with Gasteiger partial charge in [0.25, 0.3) is 5.91 Å². The van der Waals surface area contributed by atoms with Crippen molar-refractivity contribution in [3.8, 4) is 17.9 Å². The molecule has 3 atom stereocenters. The van der Waals surface area contributed by atoms with Gasteiger partial charge in [-0.3, -0.25) is 0 Å². The molecule has 0 bridgehead atoms. The lowest BCUT2D eigenvalue weighted by molar-refractivity contribution is -0.255. The van der Waals surface area contributed by atoms with E-state index in [0.717, 1.165) is 11.1 Å². The fourth-order valence-electron chi connectivity index (χ4n) is 4.77. The summed E-state index contributed by atoms with van der Waals surface area (Å²) in [6, 6.07) is 21.8. The van der Waals surface area contributed by atoms with Crippen LogP contribution in [0.3, 0.4) is 0 Å². The van der Waals surface area contributed by atoms with Crippen LogP contribution in [0.1, 0.15) is 30.9 Å². The van der Waals surface area contributed by atoms with E-state index in [2.05, 4.69) is 17.1 Å². The maximum atomic E-state index is 10.3. The second-order valence-corrected chi connectivity index (χ2v) is 7.56. The molecule has 2 aliphatic rings. The zero-order valence-electron chi connectivity index (χ0n) is 17.5. The summed E-state index contributed by atoms with van der Waals surface area (Å²) < 4.78 is 17.7. The van der Waals surface area contributed by atoms with E-state index in [0.29, 0.717) is 12.4 Å². The number of hydrogen-bond acceptors (Lipinski definition) is 7. The molecule has 2 aromatic rings. The Kier molecular flexibility index (Phi) is 5.18. The van der Waals surface area contributed by atoms with Crippen LogP contribution in [0.25, 0.3) is 0 Å². The van der Waals surface area contributed by atoms with Gasteiger partial charge in [0, 0.05) is 19.1 Å². The molecule has 1 aliphatic heterocycles. The van der Waals surface area contributed by atoms with Gasteiger partial charge in [0.2, 0.25) is 0 Å². The summed E-state index contributed by atoms with van der Waals surface area (Å²) in [5.74, 6) is -1.46. The molecule has 4 rings (SSSR count). The van der Waals surface area contributed by atoms with Crippen LogP contribution in [0.5, 0.6) is 5.75 Å². The van der Waals surface area contributed by atoms with Crippen molar-refractivity contribution in [1.29, 1.82) is 10.5 Å². The molecule has 0 spiro atoms. The van der Waals surface area contributed by atoms with Crippen LogP contribution in [-0.4, -0.2) is 25.0 Å². The lowest BCUT2D eigenvalue weighted by Crippen LogP contribution is -2.43. The zero-order valence-corrected chi connectivity index (χ0v) is 17.5. The third-order valence-corrected chi connectivity index (χ3v) is 6.05. The number of nitrogens with zero attached hydrogens (tertiary/aromatic N) is 3. The quantitative estimate of drug-likeness (QED) is 0.659. The lowest BCUT2D eigenvalue weighted by atomic mass is 9.93. The molecule has 2 N–H and O–H groups in total. The Labute approximate surface area is 181 Å². The Morgan fingerprint density at radius 1 is 1.00 bits per heavy atom. The molecule has 1 heterocycles. The number of nitriles is 2. The number of ether oxygens (including phenoxy) is 3. The van der Waals surface area contributed by atoms with Gasteiger partial charge in [0.15, 0.2) is 5.41 Å². The summed E-state index contributed by atoms with van der Waals surface area (Å²) in [6.45, 7) is 4.51. The highest BCUT2D eigenvalue weighted by Gasteiger charge is 2.93. The van der Waals surface area contributed by atoms with Gasteiger partial charge in [0.1, 0.15) is 23.6 Å². The largest absolute Gasteiger partial charge is 0.489 e. The van der Waals surface area contributed by atoms with E-state index in [1.54, 1.807) is 13.8 Å². The average molecular weight is 416 g/mol.